The number of piperidine rings is 1. The highest BCUT2D eigenvalue weighted by atomic mass is 19.4. The van der Waals surface area contributed by atoms with E-state index in [9.17, 15) is 13.2 Å². The largest absolute Gasteiger partial charge is 0.496 e. The summed E-state index contributed by atoms with van der Waals surface area (Å²) in [6.45, 7) is 1.87. The topological polar surface area (TPSA) is 21.3 Å². The summed E-state index contributed by atoms with van der Waals surface area (Å²) in [5.74, 6) is 0.977. The first-order chi connectivity index (χ1) is 9.00. The van der Waals surface area contributed by atoms with Gasteiger partial charge in [-0.1, -0.05) is 0 Å². The second-order valence-electron chi connectivity index (χ2n) is 4.92. The maximum atomic E-state index is 12.7. The molecule has 2 nitrogen and oxygen atoms in total. The molecule has 1 heterocycles. The van der Waals surface area contributed by atoms with Crippen LogP contribution < -0.4 is 10.1 Å². The number of hydrogen-bond acceptors (Lipinski definition) is 2. The molecule has 1 aliphatic heterocycles. The molecule has 1 N–H and O–H groups in total. The Morgan fingerprint density at radius 1 is 1.26 bits per heavy atom. The summed E-state index contributed by atoms with van der Waals surface area (Å²) in [7, 11) is 1.49. The average molecular weight is 273 g/mol. The minimum atomic E-state index is -4.30. The van der Waals surface area contributed by atoms with Crippen molar-refractivity contribution >= 4 is 0 Å². The van der Waals surface area contributed by atoms with Gasteiger partial charge in [-0.25, -0.2) is 0 Å². The van der Waals surface area contributed by atoms with Gasteiger partial charge < -0.3 is 10.1 Å². The van der Waals surface area contributed by atoms with Crippen molar-refractivity contribution in [3.05, 3.63) is 29.3 Å². The van der Waals surface area contributed by atoms with Gasteiger partial charge in [-0.2, -0.15) is 13.2 Å². The number of methoxy groups -OCH3 is 1. The molecule has 1 aromatic carbocycles. The first-order valence-electron chi connectivity index (χ1n) is 6.45. The summed E-state index contributed by atoms with van der Waals surface area (Å²) in [6, 6.07) is 3.71. The molecule has 0 radical (unpaired) electrons. The zero-order chi connectivity index (χ0) is 13.9. The molecule has 5 heteroatoms. The van der Waals surface area contributed by atoms with Crippen molar-refractivity contribution in [1.29, 1.82) is 0 Å². The average Bonchev–Trinajstić information content (AvgIpc) is 2.39. The van der Waals surface area contributed by atoms with E-state index in [-0.39, 0.29) is 0 Å². The fourth-order valence-electron chi connectivity index (χ4n) is 2.51. The Bertz CT molecular complexity index is 425. The molecule has 1 saturated heterocycles. The maximum absolute atomic E-state index is 12.7. The Labute approximate surface area is 111 Å². The summed E-state index contributed by atoms with van der Waals surface area (Å²) in [5, 5.41) is 3.25. The Morgan fingerprint density at radius 3 is 2.53 bits per heavy atom. The van der Waals surface area contributed by atoms with Crippen LogP contribution in [-0.4, -0.2) is 20.2 Å². The Kier molecular flexibility index (Phi) is 4.34. The van der Waals surface area contributed by atoms with Crippen molar-refractivity contribution in [3.63, 3.8) is 0 Å². The summed E-state index contributed by atoms with van der Waals surface area (Å²) in [5.41, 5.74) is 0.0569. The van der Waals surface area contributed by atoms with E-state index in [1.54, 1.807) is 0 Å². The summed E-state index contributed by atoms with van der Waals surface area (Å²) >= 11 is 0. The predicted octanol–water partition coefficient (Wildman–Crippen LogP) is 3.26. The Hall–Kier alpha value is -1.23. The molecule has 0 bridgehead atoms. The van der Waals surface area contributed by atoms with Crippen LogP contribution >= 0.6 is 0 Å². The maximum Gasteiger partial charge on any atom is 0.416 e. The van der Waals surface area contributed by atoms with Gasteiger partial charge in [-0.15, -0.1) is 0 Å². The molecule has 19 heavy (non-hydrogen) atoms. The number of alkyl halides is 3. The summed E-state index contributed by atoms with van der Waals surface area (Å²) in [6.07, 6.45) is -1.65. The quantitative estimate of drug-likeness (QED) is 0.912. The van der Waals surface area contributed by atoms with Gasteiger partial charge in [0.2, 0.25) is 0 Å². The molecule has 2 rings (SSSR count). The van der Waals surface area contributed by atoms with E-state index in [0.29, 0.717) is 23.7 Å². The molecule has 0 spiro atoms. The molecule has 0 amide bonds. The highest BCUT2D eigenvalue weighted by Gasteiger charge is 2.31. The predicted molar refractivity (Wildman–Crippen MR) is 67.3 cm³/mol. The van der Waals surface area contributed by atoms with Crippen molar-refractivity contribution in [1.82, 2.24) is 5.32 Å². The minimum Gasteiger partial charge on any atom is -0.496 e. The molecule has 1 aromatic rings. The zero-order valence-corrected chi connectivity index (χ0v) is 10.9. The van der Waals surface area contributed by atoms with Crippen LogP contribution in [0.1, 0.15) is 24.0 Å². The molecule has 1 aliphatic rings. The van der Waals surface area contributed by atoms with Crippen LogP contribution in [0.25, 0.3) is 0 Å². The molecule has 106 valence electrons. The third kappa shape index (κ3) is 3.62. The van der Waals surface area contributed by atoms with Gasteiger partial charge in [0, 0.05) is 0 Å². The van der Waals surface area contributed by atoms with Crippen LogP contribution in [-0.2, 0) is 12.6 Å². The second-order valence-corrected chi connectivity index (χ2v) is 4.92. The molecular formula is C14H18F3NO. The smallest absolute Gasteiger partial charge is 0.416 e. The number of benzene rings is 1. The summed E-state index contributed by atoms with van der Waals surface area (Å²) in [4.78, 5) is 0. The van der Waals surface area contributed by atoms with E-state index >= 15 is 0 Å². The highest BCUT2D eigenvalue weighted by Crippen LogP contribution is 2.34. The third-order valence-corrected chi connectivity index (χ3v) is 3.58. The first-order valence-corrected chi connectivity index (χ1v) is 6.45. The van der Waals surface area contributed by atoms with Crippen LogP contribution in [0.4, 0.5) is 13.2 Å². The molecule has 0 aromatic heterocycles. The fraction of sp³-hybridized carbons (Fsp3) is 0.571. The lowest BCUT2D eigenvalue weighted by Crippen LogP contribution is -2.28. The lowest BCUT2D eigenvalue weighted by molar-refractivity contribution is -0.137. The van der Waals surface area contributed by atoms with Gasteiger partial charge in [0.05, 0.1) is 12.7 Å². The van der Waals surface area contributed by atoms with E-state index in [1.807, 2.05) is 0 Å². The third-order valence-electron chi connectivity index (χ3n) is 3.58. The van der Waals surface area contributed by atoms with Crippen LogP contribution in [0, 0.1) is 5.92 Å². The molecule has 0 atom stereocenters. The van der Waals surface area contributed by atoms with Crippen molar-refractivity contribution in [2.45, 2.75) is 25.4 Å². The summed E-state index contributed by atoms with van der Waals surface area (Å²) < 4.78 is 43.4. The Morgan fingerprint density at radius 2 is 1.95 bits per heavy atom. The SMILES string of the molecule is COc1ccc(C(F)(F)F)cc1CC1CCNCC1. The molecular weight excluding hydrogens is 255 g/mol. The molecule has 1 fully saturated rings. The van der Waals surface area contributed by atoms with Crippen molar-refractivity contribution < 1.29 is 17.9 Å². The van der Waals surface area contributed by atoms with Crippen molar-refractivity contribution in [2.24, 2.45) is 5.92 Å². The lowest BCUT2D eigenvalue weighted by Gasteiger charge is -2.23. The van der Waals surface area contributed by atoms with Gasteiger partial charge in [0.1, 0.15) is 5.75 Å². The first kappa shape index (κ1) is 14.2. The van der Waals surface area contributed by atoms with Crippen LogP contribution in [0.5, 0.6) is 5.75 Å². The standard InChI is InChI=1S/C14H18F3NO/c1-19-13-3-2-12(14(15,16)17)9-11(13)8-10-4-6-18-7-5-10/h2-3,9-10,18H,4-8H2,1H3. The van der Waals surface area contributed by atoms with Gasteiger partial charge in [0.15, 0.2) is 0 Å². The lowest BCUT2D eigenvalue weighted by atomic mass is 9.90. The van der Waals surface area contributed by atoms with E-state index in [0.717, 1.165) is 32.0 Å². The number of halogens is 3. The second kappa shape index (κ2) is 5.82. The normalized spacial score (nSPS) is 17.5. The minimum absolute atomic E-state index is 0.429. The van der Waals surface area contributed by atoms with E-state index in [4.69, 9.17) is 4.74 Å². The van der Waals surface area contributed by atoms with Crippen molar-refractivity contribution in [2.75, 3.05) is 20.2 Å². The monoisotopic (exact) mass is 273 g/mol. The van der Waals surface area contributed by atoms with E-state index < -0.39 is 11.7 Å². The van der Waals surface area contributed by atoms with Gasteiger partial charge in [-0.05, 0) is 62.0 Å². The van der Waals surface area contributed by atoms with Gasteiger partial charge in [-0.3, -0.25) is 0 Å². The number of ether oxygens (including phenoxy) is 1. The van der Waals surface area contributed by atoms with E-state index in [1.165, 1.54) is 19.2 Å². The van der Waals surface area contributed by atoms with Crippen molar-refractivity contribution in [3.8, 4) is 5.75 Å². The number of hydrogen-bond donors (Lipinski definition) is 1. The van der Waals surface area contributed by atoms with Crippen LogP contribution in [0.15, 0.2) is 18.2 Å². The van der Waals surface area contributed by atoms with E-state index in [2.05, 4.69) is 5.32 Å². The highest BCUT2D eigenvalue weighted by molar-refractivity contribution is 5.38. The molecule has 0 unspecified atom stereocenters. The molecule has 0 aliphatic carbocycles. The van der Waals surface area contributed by atoms with Crippen LogP contribution in [0.3, 0.4) is 0 Å². The van der Waals surface area contributed by atoms with Crippen LogP contribution in [0.2, 0.25) is 0 Å². The van der Waals surface area contributed by atoms with Gasteiger partial charge in [0.25, 0.3) is 0 Å². The fourth-order valence-corrected chi connectivity index (χ4v) is 2.51. The number of nitrogens with one attached hydrogen (secondary N) is 1. The Balaban J connectivity index is 2.20. The molecule has 0 saturated carbocycles. The van der Waals surface area contributed by atoms with Gasteiger partial charge >= 0.3 is 6.18 Å². The number of rotatable bonds is 3. The zero-order valence-electron chi connectivity index (χ0n) is 10.9.